The number of nitrogens with one attached hydrogen (secondary N) is 1. The molecule has 0 radical (unpaired) electrons. The molecular weight excluding hydrogens is 316 g/mol. The molecule has 0 saturated carbocycles. The summed E-state index contributed by atoms with van der Waals surface area (Å²) in [4.78, 5) is 23.0. The molecule has 0 unspecified atom stereocenters. The molecule has 2 aromatic rings. The topological polar surface area (TPSA) is 75.9 Å². The molecule has 1 fully saturated rings. The van der Waals surface area contributed by atoms with Crippen molar-refractivity contribution in [3.63, 3.8) is 0 Å². The lowest BCUT2D eigenvalue weighted by Gasteiger charge is -2.36. The van der Waals surface area contributed by atoms with E-state index in [1.165, 1.54) is 6.42 Å². The summed E-state index contributed by atoms with van der Waals surface area (Å²) >= 11 is 0. The SMILES string of the molecule is Cc1cc(C)n(C[C@@H]2CCCCN2C(=O)CCNc2ncccn2)n1. The van der Waals surface area contributed by atoms with Crippen molar-refractivity contribution < 1.29 is 4.79 Å². The maximum atomic E-state index is 12.7. The minimum atomic E-state index is 0.190. The number of aryl methyl sites for hydroxylation is 2. The van der Waals surface area contributed by atoms with Gasteiger partial charge >= 0.3 is 0 Å². The Bertz CT molecular complexity index is 699. The lowest BCUT2D eigenvalue weighted by atomic mass is 10.0. The van der Waals surface area contributed by atoms with Crippen LogP contribution in [0.5, 0.6) is 0 Å². The molecule has 1 N–H and O–H groups in total. The number of likely N-dealkylation sites (tertiary alicyclic amines) is 1. The average Bonchev–Trinajstić information content (AvgIpc) is 2.93. The van der Waals surface area contributed by atoms with Gasteiger partial charge in [-0.05, 0) is 45.2 Å². The van der Waals surface area contributed by atoms with Gasteiger partial charge in [-0.2, -0.15) is 5.10 Å². The summed E-state index contributed by atoms with van der Waals surface area (Å²) in [6, 6.07) is 4.08. The Hall–Kier alpha value is -2.44. The third-order valence-electron chi connectivity index (χ3n) is 4.62. The summed E-state index contributed by atoms with van der Waals surface area (Å²) in [7, 11) is 0. The van der Waals surface area contributed by atoms with Gasteiger partial charge in [0.25, 0.3) is 0 Å². The zero-order valence-corrected chi connectivity index (χ0v) is 15.0. The Balaban J connectivity index is 1.56. The predicted molar refractivity (Wildman–Crippen MR) is 96.2 cm³/mol. The van der Waals surface area contributed by atoms with Crippen molar-refractivity contribution in [3.05, 3.63) is 35.9 Å². The van der Waals surface area contributed by atoms with Gasteiger partial charge in [-0.1, -0.05) is 0 Å². The van der Waals surface area contributed by atoms with Crippen LogP contribution in [-0.4, -0.2) is 49.7 Å². The molecule has 25 heavy (non-hydrogen) atoms. The molecule has 1 amide bonds. The largest absolute Gasteiger partial charge is 0.354 e. The van der Waals surface area contributed by atoms with Gasteiger partial charge in [-0.15, -0.1) is 0 Å². The molecular formula is C18H26N6O. The fourth-order valence-corrected chi connectivity index (χ4v) is 3.39. The maximum Gasteiger partial charge on any atom is 0.224 e. The van der Waals surface area contributed by atoms with E-state index in [1.54, 1.807) is 18.5 Å². The van der Waals surface area contributed by atoms with Gasteiger partial charge in [-0.3, -0.25) is 9.48 Å². The van der Waals surface area contributed by atoms with Crippen LogP contribution in [0.2, 0.25) is 0 Å². The van der Waals surface area contributed by atoms with Crippen molar-refractivity contribution in [2.24, 2.45) is 0 Å². The van der Waals surface area contributed by atoms with Crippen LogP contribution in [0.4, 0.5) is 5.95 Å². The first-order chi connectivity index (χ1) is 12.1. The van der Waals surface area contributed by atoms with Gasteiger partial charge in [0.2, 0.25) is 11.9 Å². The highest BCUT2D eigenvalue weighted by atomic mass is 16.2. The molecule has 1 aliphatic rings. The van der Waals surface area contributed by atoms with Crippen molar-refractivity contribution in [3.8, 4) is 0 Å². The summed E-state index contributed by atoms with van der Waals surface area (Å²) in [6.07, 6.45) is 7.11. The molecule has 0 bridgehead atoms. The number of rotatable bonds is 6. The van der Waals surface area contributed by atoms with Gasteiger partial charge in [0.1, 0.15) is 0 Å². The Kier molecular flexibility index (Phi) is 5.63. The number of amides is 1. The smallest absolute Gasteiger partial charge is 0.224 e. The van der Waals surface area contributed by atoms with Crippen LogP contribution in [0.1, 0.15) is 37.1 Å². The van der Waals surface area contributed by atoms with E-state index in [-0.39, 0.29) is 11.9 Å². The Morgan fingerprint density at radius 3 is 2.80 bits per heavy atom. The highest BCUT2D eigenvalue weighted by Crippen LogP contribution is 2.20. The normalized spacial score (nSPS) is 17.5. The zero-order chi connectivity index (χ0) is 17.6. The minimum absolute atomic E-state index is 0.190. The molecule has 0 aliphatic carbocycles. The van der Waals surface area contributed by atoms with Crippen molar-refractivity contribution in [1.29, 1.82) is 0 Å². The molecule has 7 heteroatoms. The minimum Gasteiger partial charge on any atom is -0.354 e. The lowest BCUT2D eigenvalue weighted by molar-refractivity contribution is -0.135. The van der Waals surface area contributed by atoms with Crippen LogP contribution in [0, 0.1) is 13.8 Å². The molecule has 0 aromatic carbocycles. The fourth-order valence-electron chi connectivity index (χ4n) is 3.39. The van der Waals surface area contributed by atoms with Gasteiger partial charge in [-0.25, -0.2) is 9.97 Å². The molecule has 1 aliphatic heterocycles. The first kappa shape index (κ1) is 17.4. The number of carbonyl (C=O) groups is 1. The van der Waals surface area contributed by atoms with Crippen LogP contribution in [0.3, 0.4) is 0 Å². The lowest BCUT2D eigenvalue weighted by Crippen LogP contribution is -2.46. The second-order valence-corrected chi connectivity index (χ2v) is 6.60. The summed E-state index contributed by atoms with van der Waals surface area (Å²) in [6.45, 7) is 6.24. The predicted octanol–water partition coefficient (Wildman–Crippen LogP) is 2.17. The first-order valence-corrected chi connectivity index (χ1v) is 8.95. The van der Waals surface area contributed by atoms with Crippen LogP contribution in [0.25, 0.3) is 0 Å². The molecule has 7 nitrogen and oxygen atoms in total. The van der Waals surface area contributed by atoms with E-state index in [9.17, 15) is 4.79 Å². The number of hydrogen-bond acceptors (Lipinski definition) is 5. The van der Waals surface area contributed by atoms with Gasteiger partial charge in [0.05, 0.1) is 18.3 Å². The summed E-state index contributed by atoms with van der Waals surface area (Å²) in [5.74, 6) is 0.753. The van der Waals surface area contributed by atoms with E-state index in [1.807, 2.05) is 16.5 Å². The van der Waals surface area contributed by atoms with E-state index in [2.05, 4.69) is 33.4 Å². The third kappa shape index (κ3) is 4.55. The Morgan fingerprint density at radius 2 is 2.08 bits per heavy atom. The maximum absolute atomic E-state index is 12.7. The molecule has 3 rings (SSSR count). The van der Waals surface area contributed by atoms with E-state index in [4.69, 9.17) is 0 Å². The first-order valence-electron chi connectivity index (χ1n) is 8.95. The molecule has 2 aromatic heterocycles. The molecule has 1 atom stereocenters. The number of hydrogen-bond donors (Lipinski definition) is 1. The van der Waals surface area contributed by atoms with Crippen LogP contribution in [-0.2, 0) is 11.3 Å². The van der Waals surface area contributed by atoms with Crippen LogP contribution < -0.4 is 5.32 Å². The van der Waals surface area contributed by atoms with Crippen molar-refractivity contribution >= 4 is 11.9 Å². The number of anilines is 1. The van der Waals surface area contributed by atoms with E-state index < -0.39 is 0 Å². The van der Waals surface area contributed by atoms with E-state index in [0.717, 1.165) is 37.3 Å². The van der Waals surface area contributed by atoms with Gasteiger partial charge in [0.15, 0.2) is 0 Å². The van der Waals surface area contributed by atoms with E-state index in [0.29, 0.717) is 18.9 Å². The Labute approximate surface area is 148 Å². The number of piperidine rings is 1. The highest BCUT2D eigenvalue weighted by Gasteiger charge is 2.27. The second-order valence-electron chi connectivity index (χ2n) is 6.60. The van der Waals surface area contributed by atoms with Gasteiger partial charge in [0, 0.05) is 37.6 Å². The molecule has 3 heterocycles. The summed E-state index contributed by atoms with van der Waals surface area (Å²) in [5, 5.41) is 7.65. The number of carbonyl (C=O) groups excluding carboxylic acids is 1. The summed E-state index contributed by atoms with van der Waals surface area (Å²) < 4.78 is 2.03. The second kappa shape index (κ2) is 8.09. The van der Waals surface area contributed by atoms with Crippen molar-refractivity contribution in [2.45, 2.75) is 52.1 Å². The van der Waals surface area contributed by atoms with Crippen molar-refractivity contribution in [2.75, 3.05) is 18.4 Å². The molecule has 134 valence electrons. The van der Waals surface area contributed by atoms with Gasteiger partial charge < -0.3 is 10.2 Å². The number of aromatic nitrogens is 4. The molecule has 1 saturated heterocycles. The van der Waals surface area contributed by atoms with Crippen molar-refractivity contribution in [1.82, 2.24) is 24.6 Å². The molecule has 0 spiro atoms. The van der Waals surface area contributed by atoms with Crippen LogP contribution >= 0.6 is 0 Å². The third-order valence-corrected chi connectivity index (χ3v) is 4.62. The van der Waals surface area contributed by atoms with E-state index >= 15 is 0 Å². The summed E-state index contributed by atoms with van der Waals surface area (Å²) in [5.41, 5.74) is 2.18. The monoisotopic (exact) mass is 342 g/mol. The zero-order valence-electron chi connectivity index (χ0n) is 15.0. The number of nitrogens with zero attached hydrogens (tertiary/aromatic N) is 5. The quantitative estimate of drug-likeness (QED) is 0.871. The average molecular weight is 342 g/mol. The Morgan fingerprint density at radius 1 is 1.28 bits per heavy atom. The standard InChI is InChI=1S/C18H26N6O/c1-14-12-15(2)24(22-14)13-16-6-3-4-11-23(16)17(25)7-10-21-18-19-8-5-9-20-18/h5,8-9,12,16H,3-4,6-7,10-11,13H2,1-2H3,(H,19,20,21)/t16-/m0/s1. The van der Waals surface area contributed by atoms with Crippen LogP contribution in [0.15, 0.2) is 24.5 Å². The fraction of sp³-hybridized carbons (Fsp3) is 0.556. The highest BCUT2D eigenvalue weighted by molar-refractivity contribution is 5.77.